The van der Waals surface area contributed by atoms with Crippen molar-refractivity contribution in [2.45, 2.75) is 50.2 Å². The predicted octanol–water partition coefficient (Wildman–Crippen LogP) is 3.05. The van der Waals surface area contributed by atoms with Crippen LogP contribution < -0.4 is 9.64 Å². The summed E-state index contributed by atoms with van der Waals surface area (Å²) in [6, 6.07) is 6.04. The van der Waals surface area contributed by atoms with Crippen LogP contribution in [0.3, 0.4) is 0 Å². The summed E-state index contributed by atoms with van der Waals surface area (Å²) in [5, 5.41) is 0. The van der Waals surface area contributed by atoms with Crippen LogP contribution in [0, 0.1) is 5.82 Å². The Morgan fingerprint density at radius 1 is 1.18 bits per heavy atom. The molecule has 0 saturated carbocycles. The van der Waals surface area contributed by atoms with Crippen molar-refractivity contribution in [1.29, 1.82) is 0 Å². The zero-order valence-corrected chi connectivity index (χ0v) is 22.8. The van der Waals surface area contributed by atoms with Crippen molar-refractivity contribution < 1.29 is 18.3 Å². The van der Waals surface area contributed by atoms with E-state index in [9.17, 15) is 9.18 Å². The van der Waals surface area contributed by atoms with Crippen LogP contribution in [0.5, 0.6) is 6.01 Å². The maximum atomic E-state index is 15.2. The monoisotopic (exact) mass is 538 g/mol. The van der Waals surface area contributed by atoms with Gasteiger partial charge in [-0.15, -0.1) is 0 Å². The van der Waals surface area contributed by atoms with E-state index in [-0.39, 0.29) is 5.82 Å². The highest BCUT2D eigenvalue weighted by Gasteiger charge is 2.48. The molecule has 0 N–H and O–H groups in total. The number of piperazine rings is 1. The van der Waals surface area contributed by atoms with Crippen molar-refractivity contribution in [2.75, 3.05) is 58.3 Å². The van der Waals surface area contributed by atoms with E-state index in [4.69, 9.17) is 14.7 Å². The van der Waals surface area contributed by atoms with Crippen LogP contribution in [0.2, 0.25) is 0 Å². The summed E-state index contributed by atoms with van der Waals surface area (Å²) in [5.74, 6) is -0.973. The Hall–Kier alpha value is -3.11. The third kappa shape index (κ3) is 4.57. The number of carbonyl (C=O) groups is 1. The minimum absolute atomic E-state index is 0.162. The molecule has 1 spiro atoms. The molecule has 10 heteroatoms. The first-order valence-electron chi connectivity index (χ1n) is 13.9. The maximum Gasteiger partial charge on any atom is 0.318 e. The van der Waals surface area contributed by atoms with Crippen LogP contribution in [-0.4, -0.2) is 90.0 Å². The van der Waals surface area contributed by atoms with Gasteiger partial charge in [0, 0.05) is 56.3 Å². The molecular weight excluding hydrogens is 502 g/mol. The van der Waals surface area contributed by atoms with Crippen molar-refractivity contribution in [1.82, 2.24) is 24.7 Å². The van der Waals surface area contributed by atoms with Crippen LogP contribution in [0.15, 0.2) is 30.6 Å². The lowest BCUT2D eigenvalue weighted by atomic mass is 9.80. The summed E-state index contributed by atoms with van der Waals surface area (Å²) in [6.07, 6.45) is 4.46. The van der Waals surface area contributed by atoms with Gasteiger partial charge in [-0.3, -0.25) is 9.69 Å². The minimum atomic E-state index is -0.938. The van der Waals surface area contributed by atoms with Gasteiger partial charge in [0.2, 0.25) is 0 Å². The van der Waals surface area contributed by atoms with E-state index in [2.05, 4.69) is 35.4 Å². The van der Waals surface area contributed by atoms with Gasteiger partial charge in [-0.1, -0.05) is 18.7 Å². The van der Waals surface area contributed by atoms with Crippen LogP contribution in [0.1, 0.15) is 41.6 Å². The molecule has 2 fully saturated rings. The van der Waals surface area contributed by atoms with Gasteiger partial charge in [0.1, 0.15) is 18.2 Å². The van der Waals surface area contributed by atoms with Gasteiger partial charge in [-0.25, -0.2) is 8.78 Å². The van der Waals surface area contributed by atoms with Gasteiger partial charge in [0.25, 0.3) is 5.91 Å². The number of hydrogen-bond donors (Lipinski definition) is 0. The van der Waals surface area contributed by atoms with E-state index in [1.54, 1.807) is 12.1 Å². The molecule has 2 saturated heterocycles. The molecule has 6 rings (SSSR count). The molecule has 4 aliphatic rings. The number of aryl methyl sites for hydroxylation is 1. The third-order valence-corrected chi connectivity index (χ3v) is 9.18. The van der Waals surface area contributed by atoms with E-state index in [0.29, 0.717) is 57.8 Å². The quantitative estimate of drug-likeness (QED) is 0.543. The fourth-order valence-electron chi connectivity index (χ4n) is 6.91. The van der Waals surface area contributed by atoms with Crippen molar-refractivity contribution in [3.63, 3.8) is 0 Å². The van der Waals surface area contributed by atoms with Crippen LogP contribution >= 0.6 is 0 Å². The number of hydrogen-bond acceptors (Lipinski definition) is 7. The number of nitrogens with zero attached hydrogens (tertiary/aromatic N) is 6. The van der Waals surface area contributed by atoms with Crippen molar-refractivity contribution >= 4 is 11.7 Å². The van der Waals surface area contributed by atoms with Gasteiger partial charge in [0.15, 0.2) is 5.83 Å². The zero-order valence-electron chi connectivity index (χ0n) is 22.8. The Bertz CT molecular complexity index is 1300. The summed E-state index contributed by atoms with van der Waals surface area (Å²) in [4.78, 5) is 30.1. The number of benzene rings is 1. The van der Waals surface area contributed by atoms with E-state index in [1.807, 2.05) is 6.07 Å². The summed E-state index contributed by atoms with van der Waals surface area (Å²) in [5.41, 5.74) is 3.28. The van der Waals surface area contributed by atoms with E-state index in [1.165, 1.54) is 4.90 Å². The van der Waals surface area contributed by atoms with Gasteiger partial charge >= 0.3 is 6.01 Å². The molecule has 2 atom stereocenters. The summed E-state index contributed by atoms with van der Waals surface area (Å²) < 4.78 is 34.9. The molecule has 0 unspecified atom stereocenters. The number of rotatable bonds is 5. The topological polar surface area (TPSA) is 65.0 Å². The predicted molar refractivity (Wildman–Crippen MR) is 144 cm³/mol. The van der Waals surface area contributed by atoms with Crippen LogP contribution in [0.4, 0.5) is 14.6 Å². The molecule has 39 heavy (non-hydrogen) atoms. The standard InChI is InChI=1S/C29H36F2N6O2/c1-19(30)27(38)37-14-12-36(13-15-37)26-22-17-35(3)29(10-9-20-6-4-8-23(31)25(20)29)16-24(22)32-28(33-26)39-18-21-7-5-11-34(21)2/h4,6,8,21H,1,5,7,9-18H2,2-3H3/t21-,29+/m0/s1. The molecule has 3 aliphatic heterocycles. The Kier molecular flexibility index (Phi) is 6.79. The van der Waals surface area contributed by atoms with Crippen molar-refractivity contribution in [2.24, 2.45) is 0 Å². The largest absolute Gasteiger partial charge is 0.462 e. The highest BCUT2D eigenvalue weighted by molar-refractivity contribution is 5.90. The Balaban J connectivity index is 1.33. The normalized spacial score (nSPS) is 25.2. The number of carbonyl (C=O) groups excluding carboxylic acids is 1. The molecule has 4 heterocycles. The Labute approximate surface area is 228 Å². The van der Waals surface area contributed by atoms with Crippen molar-refractivity contribution in [3.05, 3.63) is 58.8 Å². The lowest BCUT2D eigenvalue weighted by Crippen LogP contribution is -2.51. The van der Waals surface area contributed by atoms with Crippen LogP contribution in [-0.2, 0) is 29.7 Å². The smallest absolute Gasteiger partial charge is 0.318 e. The molecule has 0 bridgehead atoms. The molecule has 0 radical (unpaired) electrons. The van der Waals surface area contributed by atoms with E-state index < -0.39 is 17.3 Å². The Morgan fingerprint density at radius 2 is 1.97 bits per heavy atom. The fraction of sp³-hybridized carbons (Fsp3) is 0.552. The number of ether oxygens (including phenoxy) is 1. The number of halogens is 2. The molecule has 1 aromatic carbocycles. The van der Waals surface area contributed by atoms with Crippen molar-refractivity contribution in [3.8, 4) is 6.01 Å². The second-order valence-electron chi connectivity index (χ2n) is 11.4. The number of likely N-dealkylation sites (tertiary alicyclic amines) is 1. The van der Waals surface area contributed by atoms with Gasteiger partial charge in [-0.2, -0.15) is 9.97 Å². The molecule has 1 aliphatic carbocycles. The fourth-order valence-corrected chi connectivity index (χ4v) is 6.91. The highest BCUT2D eigenvalue weighted by Crippen LogP contribution is 2.49. The average molecular weight is 539 g/mol. The average Bonchev–Trinajstić information content (AvgIpc) is 3.52. The lowest BCUT2D eigenvalue weighted by Gasteiger charge is -2.45. The Morgan fingerprint density at radius 3 is 2.69 bits per heavy atom. The number of aromatic nitrogens is 2. The summed E-state index contributed by atoms with van der Waals surface area (Å²) in [6.45, 7) is 7.08. The first-order chi connectivity index (χ1) is 18.8. The second kappa shape index (κ2) is 10.1. The molecule has 208 valence electrons. The van der Waals surface area contributed by atoms with Gasteiger partial charge < -0.3 is 19.4 Å². The molecule has 1 aromatic heterocycles. The zero-order chi connectivity index (χ0) is 27.3. The molecule has 2 aromatic rings. The SMILES string of the molecule is C=C(F)C(=O)N1CCN(c2nc(OC[C@@H]3CCCN3C)nc3c2CN(C)[C@]2(CCc4cccc(F)c42)C3)CC1. The molecule has 1 amide bonds. The first-order valence-corrected chi connectivity index (χ1v) is 13.9. The molecule has 8 nitrogen and oxygen atoms in total. The van der Waals surface area contributed by atoms with Gasteiger partial charge in [0.05, 0.1) is 11.2 Å². The summed E-state index contributed by atoms with van der Waals surface area (Å²) in [7, 11) is 4.16. The number of anilines is 1. The maximum absolute atomic E-state index is 15.2. The first kappa shape index (κ1) is 26.1. The van der Waals surface area contributed by atoms with Crippen LogP contribution in [0.25, 0.3) is 0 Å². The molecular formula is C29H36F2N6O2. The number of amides is 1. The summed E-state index contributed by atoms with van der Waals surface area (Å²) >= 11 is 0. The second-order valence-corrected chi connectivity index (χ2v) is 11.4. The third-order valence-electron chi connectivity index (χ3n) is 9.18. The van der Waals surface area contributed by atoms with Gasteiger partial charge in [-0.05, 0) is 58.0 Å². The van der Waals surface area contributed by atoms with E-state index in [0.717, 1.165) is 60.4 Å². The minimum Gasteiger partial charge on any atom is -0.462 e. The van der Waals surface area contributed by atoms with E-state index >= 15 is 4.39 Å². The number of fused-ring (bicyclic) bond motifs is 3. The lowest BCUT2D eigenvalue weighted by molar-refractivity contribution is -0.128. The number of likely N-dealkylation sites (N-methyl/N-ethyl adjacent to an activating group) is 2. The highest BCUT2D eigenvalue weighted by atomic mass is 19.1.